The second-order valence-corrected chi connectivity index (χ2v) is 4.48. The van der Waals surface area contributed by atoms with Gasteiger partial charge < -0.3 is 10.1 Å². The van der Waals surface area contributed by atoms with Gasteiger partial charge >= 0.3 is 0 Å². The lowest BCUT2D eigenvalue weighted by Crippen LogP contribution is -2.24. The monoisotopic (exact) mass is 208 g/mol. The molecule has 0 spiro atoms. The molecular weight excluding hydrogens is 188 g/mol. The SMILES string of the molecule is CCNCc1ccncc1OC(C)(C)C. The third-order valence-corrected chi connectivity index (χ3v) is 1.85. The first-order valence-electron chi connectivity index (χ1n) is 5.35. The molecule has 0 aliphatic carbocycles. The highest BCUT2D eigenvalue weighted by atomic mass is 16.5. The molecule has 15 heavy (non-hydrogen) atoms. The molecule has 0 aliphatic rings. The average Bonchev–Trinajstić information content (AvgIpc) is 2.14. The van der Waals surface area contributed by atoms with E-state index in [4.69, 9.17) is 4.74 Å². The molecule has 84 valence electrons. The number of hydrogen-bond donors (Lipinski definition) is 1. The number of nitrogens with one attached hydrogen (secondary N) is 1. The van der Waals surface area contributed by atoms with Gasteiger partial charge in [-0.05, 0) is 33.4 Å². The number of pyridine rings is 1. The van der Waals surface area contributed by atoms with E-state index in [1.807, 2.05) is 26.8 Å². The van der Waals surface area contributed by atoms with Crippen molar-refractivity contribution in [1.82, 2.24) is 10.3 Å². The van der Waals surface area contributed by atoms with Crippen LogP contribution < -0.4 is 10.1 Å². The zero-order valence-corrected chi connectivity index (χ0v) is 10.0. The van der Waals surface area contributed by atoms with E-state index in [9.17, 15) is 0 Å². The van der Waals surface area contributed by atoms with Crippen molar-refractivity contribution in [2.45, 2.75) is 39.8 Å². The Morgan fingerprint density at radius 2 is 2.13 bits per heavy atom. The largest absolute Gasteiger partial charge is 0.486 e. The van der Waals surface area contributed by atoms with Gasteiger partial charge in [0.15, 0.2) is 0 Å². The Kier molecular flexibility index (Phi) is 4.09. The molecule has 0 bridgehead atoms. The molecule has 0 atom stereocenters. The minimum absolute atomic E-state index is 0.177. The topological polar surface area (TPSA) is 34.2 Å². The number of aromatic nitrogens is 1. The third-order valence-electron chi connectivity index (χ3n) is 1.85. The van der Waals surface area contributed by atoms with Crippen molar-refractivity contribution in [3.05, 3.63) is 24.0 Å². The van der Waals surface area contributed by atoms with Crippen LogP contribution in [0.1, 0.15) is 33.3 Å². The molecule has 0 saturated heterocycles. The van der Waals surface area contributed by atoms with E-state index in [0.717, 1.165) is 24.4 Å². The van der Waals surface area contributed by atoms with Crippen molar-refractivity contribution >= 4 is 0 Å². The summed E-state index contributed by atoms with van der Waals surface area (Å²) in [6, 6.07) is 1.99. The van der Waals surface area contributed by atoms with E-state index < -0.39 is 0 Å². The Labute approximate surface area is 91.9 Å². The molecule has 1 N–H and O–H groups in total. The molecule has 1 heterocycles. The lowest BCUT2D eigenvalue weighted by Gasteiger charge is -2.22. The average molecular weight is 208 g/mol. The normalized spacial score (nSPS) is 11.5. The minimum atomic E-state index is -0.177. The fourth-order valence-corrected chi connectivity index (χ4v) is 1.24. The van der Waals surface area contributed by atoms with Gasteiger partial charge in [0.25, 0.3) is 0 Å². The summed E-state index contributed by atoms with van der Waals surface area (Å²) in [5.41, 5.74) is 0.978. The van der Waals surface area contributed by atoms with Crippen LogP contribution in [0.2, 0.25) is 0 Å². The van der Waals surface area contributed by atoms with Crippen LogP contribution in [0.4, 0.5) is 0 Å². The number of hydrogen-bond acceptors (Lipinski definition) is 3. The number of nitrogens with zero attached hydrogens (tertiary/aromatic N) is 1. The Morgan fingerprint density at radius 1 is 1.40 bits per heavy atom. The van der Waals surface area contributed by atoms with Crippen molar-refractivity contribution in [2.24, 2.45) is 0 Å². The van der Waals surface area contributed by atoms with Gasteiger partial charge in [0.05, 0.1) is 6.20 Å². The summed E-state index contributed by atoms with van der Waals surface area (Å²) in [5, 5.41) is 3.28. The molecule has 1 aromatic rings. The molecule has 0 aliphatic heterocycles. The fraction of sp³-hybridized carbons (Fsp3) is 0.583. The van der Waals surface area contributed by atoms with Crippen molar-refractivity contribution in [1.29, 1.82) is 0 Å². The number of ether oxygens (including phenoxy) is 1. The van der Waals surface area contributed by atoms with Crippen LogP contribution in [0, 0.1) is 0 Å². The van der Waals surface area contributed by atoms with Gasteiger partial charge in [-0.2, -0.15) is 0 Å². The van der Waals surface area contributed by atoms with E-state index in [0.29, 0.717) is 0 Å². The maximum Gasteiger partial charge on any atom is 0.142 e. The quantitative estimate of drug-likeness (QED) is 0.824. The fourth-order valence-electron chi connectivity index (χ4n) is 1.24. The second kappa shape index (κ2) is 5.12. The molecule has 0 amide bonds. The summed E-state index contributed by atoms with van der Waals surface area (Å²) in [6.45, 7) is 9.98. The summed E-state index contributed by atoms with van der Waals surface area (Å²) in [5.74, 6) is 0.867. The van der Waals surface area contributed by atoms with Gasteiger partial charge in [0.1, 0.15) is 11.4 Å². The van der Waals surface area contributed by atoms with Crippen molar-refractivity contribution in [3.63, 3.8) is 0 Å². The van der Waals surface area contributed by atoms with Crippen LogP contribution in [0.25, 0.3) is 0 Å². The molecule has 0 saturated carbocycles. The molecule has 3 nitrogen and oxygen atoms in total. The summed E-state index contributed by atoms with van der Waals surface area (Å²) >= 11 is 0. The first-order chi connectivity index (χ1) is 7.03. The molecule has 0 unspecified atom stereocenters. The molecule has 1 aromatic heterocycles. The number of rotatable bonds is 4. The maximum absolute atomic E-state index is 5.83. The summed E-state index contributed by atoms with van der Waals surface area (Å²) in [4.78, 5) is 4.08. The Balaban J connectivity index is 2.77. The van der Waals surface area contributed by atoms with Gasteiger partial charge in [-0.15, -0.1) is 0 Å². The van der Waals surface area contributed by atoms with Crippen LogP contribution >= 0.6 is 0 Å². The molecular formula is C12H20N2O. The first-order valence-corrected chi connectivity index (χ1v) is 5.35. The molecule has 1 rings (SSSR count). The van der Waals surface area contributed by atoms with E-state index in [1.165, 1.54) is 0 Å². The zero-order chi connectivity index (χ0) is 11.3. The van der Waals surface area contributed by atoms with Crippen molar-refractivity contribution < 1.29 is 4.74 Å². The van der Waals surface area contributed by atoms with Crippen molar-refractivity contribution in [2.75, 3.05) is 6.54 Å². The zero-order valence-electron chi connectivity index (χ0n) is 10.0. The second-order valence-electron chi connectivity index (χ2n) is 4.48. The highest BCUT2D eigenvalue weighted by Crippen LogP contribution is 2.21. The van der Waals surface area contributed by atoms with Gasteiger partial charge in [-0.3, -0.25) is 4.98 Å². The Hall–Kier alpha value is -1.09. The lowest BCUT2D eigenvalue weighted by molar-refractivity contribution is 0.128. The van der Waals surface area contributed by atoms with E-state index >= 15 is 0 Å². The highest BCUT2D eigenvalue weighted by molar-refractivity contribution is 5.30. The standard InChI is InChI=1S/C12H20N2O/c1-5-13-8-10-6-7-14-9-11(10)15-12(2,3)4/h6-7,9,13H,5,8H2,1-4H3. The van der Waals surface area contributed by atoms with Crippen LogP contribution in [0.5, 0.6) is 5.75 Å². The van der Waals surface area contributed by atoms with Crippen molar-refractivity contribution in [3.8, 4) is 5.75 Å². The lowest BCUT2D eigenvalue weighted by atomic mass is 10.1. The van der Waals surface area contributed by atoms with E-state index in [1.54, 1.807) is 12.4 Å². The first kappa shape index (κ1) is 12.0. The van der Waals surface area contributed by atoms with Gasteiger partial charge in [0.2, 0.25) is 0 Å². The van der Waals surface area contributed by atoms with Gasteiger partial charge in [-0.25, -0.2) is 0 Å². The predicted molar refractivity (Wildman–Crippen MR) is 62.0 cm³/mol. The third kappa shape index (κ3) is 4.30. The van der Waals surface area contributed by atoms with E-state index in [2.05, 4.69) is 17.2 Å². The van der Waals surface area contributed by atoms with Crippen LogP contribution in [-0.4, -0.2) is 17.1 Å². The predicted octanol–water partition coefficient (Wildman–Crippen LogP) is 2.37. The smallest absolute Gasteiger partial charge is 0.142 e. The van der Waals surface area contributed by atoms with Gasteiger partial charge in [0, 0.05) is 18.3 Å². The molecule has 0 fully saturated rings. The molecule has 0 aromatic carbocycles. The summed E-state index contributed by atoms with van der Waals surface area (Å²) in [7, 11) is 0. The summed E-state index contributed by atoms with van der Waals surface area (Å²) in [6.07, 6.45) is 3.57. The van der Waals surface area contributed by atoms with Crippen LogP contribution in [-0.2, 0) is 6.54 Å². The van der Waals surface area contributed by atoms with Gasteiger partial charge in [-0.1, -0.05) is 6.92 Å². The molecule has 3 heteroatoms. The Bertz CT molecular complexity index is 305. The highest BCUT2D eigenvalue weighted by Gasteiger charge is 2.14. The minimum Gasteiger partial charge on any atom is -0.486 e. The maximum atomic E-state index is 5.83. The summed E-state index contributed by atoms with van der Waals surface area (Å²) < 4.78 is 5.83. The van der Waals surface area contributed by atoms with Crippen LogP contribution in [0.15, 0.2) is 18.5 Å². The van der Waals surface area contributed by atoms with E-state index in [-0.39, 0.29) is 5.60 Å². The van der Waals surface area contributed by atoms with Crippen LogP contribution in [0.3, 0.4) is 0 Å². The Morgan fingerprint density at radius 3 is 2.73 bits per heavy atom. The molecule has 0 radical (unpaired) electrons.